The molecule has 0 aromatic heterocycles. The fourth-order valence-corrected chi connectivity index (χ4v) is 4.21. The predicted molar refractivity (Wildman–Crippen MR) is 119 cm³/mol. The Bertz CT molecular complexity index is 798. The van der Waals surface area contributed by atoms with Gasteiger partial charge in [-0.15, -0.1) is 0 Å². The Morgan fingerprint density at radius 2 is 1.70 bits per heavy atom. The molecule has 0 radical (unpaired) electrons. The molecule has 0 heterocycles. The summed E-state index contributed by atoms with van der Waals surface area (Å²) in [6, 6.07) is 18.2. The number of aliphatic hydroxyl groups excluding tert-OH is 1. The molecule has 0 unspecified atom stereocenters. The number of ether oxygens (including phenoxy) is 3. The highest BCUT2D eigenvalue weighted by atomic mass is 16.5. The average molecular weight is 409 g/mol. The molecule has 0 bridgehead atoms. The molecule has 2 aromatic rings. The average Bonchev–Trinajstić information content (AvgIpc) is 3.10. The quantitative estimate of drug-likeness (QED) is 0.405. The fraction of sp³-hybridized carbons (Fsp3) is 0.385. The second-order valence-electron chi connectivity index (χ2n) is 7.71. The van der Waals surface area contributed by atoms with Crippen molar-refractivity contribution in [2.45, 2.75) is 32.7 Å². The number of allylic oxidation sites excluding steroid dienone is 3. The molecule has 1 aliphatic rings. The summed E-state index contributed by atoms with van der Waals surface area (Å²) in [6.45, 7) is 3.79. The van der Waals surface area contributed by atoms with Gasteiger partial charge in [-0.05, 0) is 54.5 Å². The zero-order valence-electron chi connectivity index (χ0n) is 17.8. The minimum Gasteiger partial charge on any atom is -0.516 e. The molecule has 0 spiro atoms. The van der Waals surface area contributed by atoms with Crippen molar-refractivity contribution in [1.29, 1.82) is 0 Å². The topological polar surface area (TPSA) is 47.9 Å². The molecule has 1 fully saturated rings. The summed E-state index contributed by atoms with van der Waals surface area (Å²) in [5.41, 5.74) is 2.28. The zero-order valence-corrected chi connectivity index (χ0v) is 17.8. The Morgan fingerprint density at radius 1 is 0.967 bits per heavy atom. The van der Waals surface area contributed by atoms with Crippen LogP contribution in [0.15, 0.2) is 79.1 Å². The highest BCUT2D eigenvalue weighted by Crippen LogP contribution is 2.41. The monoisotopic (exact) mass is 408 g/mol. The van der Waals surface area contributed by atoms with Crippen LogP contribution in [-0.2, 0) is 22.7 Å². The molecular weight excluding hydrogens is 376 g/mol. The molecule has 4 nitrogen and oxygen atoms in total. The van der Waals surface area contributed by atoms with E-state index in [1.165, 1.54) is 5.56 Å². The Labute approximate surface area is 179 Å². The number of rotatable bonds is 10. The standard InChI is InChI=1S/C26H32O4/c1-3-7-24-22(14-15-27)16-26(30-18-21-10-12-23(28-2)13-11-21)25(24)19-29-17-20-8-5-4-6-9-20/h3-15,22,24-27H,16-19H2,1-2H3/b7-3-,15-14+/t22-,24-,25+,26-/m0/s1. The van der Waals surface area contributed by atoms with E-state index in [4.69, 9.17) is 14.2 Å². The van der Waals surface area contributed by atoms with Crippen LogP contribution in [0.25, 0.3) is 0 Å². The molecule has 0 aliphatic heterocycles. The van der Waals surface area contributed by atoms with Gasteiger partial charge in [-0.2, -0.15) is 0 Å². The number of hydrogen-bond acceptors (Lipinski definition) is 4. The van der Waals surface area contributed by atoms with Gasteiger partial charge in [-0.25, -0.2) is 0 Å². The molecule has 4 heteroatoms. The van der Waals surface area contributed by atoms with Crippen LogP contribution in [0.2, 0.25) is 0 Å². The van der Waals surface area contributed by atoms with E-state index in [1.807, 2.05) is 55.5 Å². The third-order valence-electron chi connectivity index (χ3n) is 5.76. The third kappa shape index (κ3) is 5.97. The van der Waals surface area contributed by atoms with Gasteiger partial charge in [0.15, 0.2) is 0 Å². The minimum absolute atomic E-state index is 0.0604. The van der Waals surface area contributed by atoms with Crippen molar-refractivity contribution in [1.82, 2.24) is 0 Å². The molecule has 1 saturated carbocycles. The van der Waals surface area contributed by atoms with Crippen molar-refractivity contribution in [3.8, 4) is 5.75 Å². The van der Waals surface area contributed by atoms with Gasteiger partial charge in [0.05, 0.1) is 39.3 Å². The number of aliphatic hydroxyl groups is 1. The zero-order chi connectivity index (χ0) is 21.2. The first-order valence-corrected chi connectivity index (χ1v) is 10.5. The van der Waals surface area contributed by atoms with Crippen LogP contribution in [0.4, 0.5) is 0 Å². The van der Waals surface area contributed by atoms with Crippen LogP contribution >= 0.6 is 0 Å². The van der Waals surface area contributed by atoms with Crippen LogP contribution in [0, 0.1) is 17.8 Å². The van der Waals surface area contributed by atoms with Crippen LogP contribution in [0.1, 0.15) is 24.5 Å². The minimum atomic E-state index is 0.0604. The van der Waals surface area contributed by atoms with E-state index in [1.54, 1.807) is 7.11 Å². The highest BCUT2D eigenvalue weighted by molar-refractivity contribution is 5.26. The molecule has 2 aromatic carbocycles. The van der Waals surface area contributed by atoms with Gasteiger partial charge in [0, 0.05) is 5.92 Å². The SMILES string of the molecule is C/C=C\[C@@H]1[C@@H](COCc2ccccc2)[C@@H](OCc2ccc(OC)cc2)C[C@@H]1/C=C/O. The predicted octanol–water partition coefficient (Wildman–Crippen LogP) is 5.70. The van der Waals surface area contributed by atoms with Crippen molar-refractivity contribution in [3.63, 3.8) is 0 Å². The summed E-state index contributed by atoms with van der Waals surface area (Å²) in [7, 11) is 1.67. The van der Waals surface area contributed by atoms with Crippen LogP contribution in [-0.4, -0.2) is 24.9 Å². The van der Waals surface area contributed by atoms with Gasteiger partial charge in [-0.3, -0.25) is 0 Å². The molecule has 30 heavy (non-hydrogen) atoms. The molecule has 0 amide bonds. The smallest absolute Gasteiger partial charge is 0.118 e. The molecule has 0 saturated heterocycles. The van der Waals surface area contributed by atoms with E-state index in [9.17, 15) is 5.11 Å². The van der Waals surface area contributed by atoms with Gasteiger partial charge < -0.3 is 19.3 Å². The summed E-state index contributed by atoms with van der Waals surface area (Å²) in [5, 5.41) is 9.38. The second-order valence-corrected chi connectivity index (χ2v) is 7.71. The molecule has 4 atom stereocenters. The Morgan fingerprint density at radius 3 is 2.37 bits per heavy atom. The first-order chi connectivity index (χ1) is 14.7. The number of methoxy groups -OCH3 is 1. The van der Waals surface area contributed by atoms with Crippen molar-refractivity contribution >= 4 is 0 Å². The largest absolute Gasteiger partial charge is 0.516 e. The van der Waals surface area contributed by atoms with Gasteiger partial charge in [0.1, 0.15) is 5.75 Å². The highest BCUT2D eigenvalue weighted by Gasteiger charge is 2.41. The Hall–Kier alpha value is -2.56. The first kappa shape index (κ1) is 22.1. The van der Waals surface area contributed by atoms with E-state index in [-0.39, 0.29) is 23.9 Å². The van der Waals surface area contributed by atoms with Crippen molar-refractivity contribution in [3.05, 3.63) is 90.2 Å². The van der Waals surface area contributed by atoms with E-state index in [0.29, 0.717) is 19.8 Å². The van der Waals surface area contributed by atoms with E-state index >= 15 is 0 Å². The van der Waals surface area contributed by atoms with Crippen molar-refractivity contribution < 1.29 is 19.3 Å². The van der Waals surface area contributed by atoms with Crippen LogP contribution in [0.3, 0.4) is 0 Å². The molecular formula is C26H32O4. The van der Waals surface area contributed by atoms with E-state index in [0.717, 1.165) is 24.0 Å². The second kappa shape index (κ2) is 11.6. The fourth-order valence-electron chi connectivity index (χ4n) is 4.21. The third-order valence-corrected chi connectivity index (χ3v) is 5.76. The first-order valence-electron chi connectivity index (χ1n) is 10.5. The lowest BCUT2D eigenvalue weighted by Crippen LogP contribution is -2.27. The summed E-state index contributed by atoms with van der Waals surface area (Å²) < 4.78 is 17.7. The van der Waals surface area contributed by atoms with Crippen molar-refractivity contribution in [2.24, 2.45) is 17.8 Å². The maximum absolute atomic E-state index is 9.38. The van der Waals surface area contributed by atoms with Crippen molar-refractivity contribution in [2.75, 3.05) is 13.7 Å². The van der Waals surface area contributed by atoms with E-state index in [2.05, 4.69) is 24.3 Å². The van der Waals surface area contributed by atoms with E-state index < -0.39 is 0 Å². The molecule has 160 valence electrons. The lowest BCUT2D eigenvalue weighted by atomic mass is 9.89. The summed E-state index contributed by atoms with van der Waals surface area (Å²) >= 11 is 0. The lowest BCUT2D eigenvalue weighted by molar-refractivity contribution is -0.0250. The molecule has 3 rings (SSSR count). The van der Waals surface area contributed by atoms with Gasteiger partial charge in [0.2, 0.25) is 0 Å². The maximum atomic E-state index is 9.38. The molecule has 1 aliphatic carbocycles. The Kier molecular flexibility index (Phi) is 8.54. The Balaban J connectivity index is 1.66. The summed E-state index contributed by atoms with van der Waals surface area (Å²) in [5.74, 6) is 1.57. The lowest BCUT2D eigenvalue weighted by Gasteiger charge is -2.24. The van der Waals surface area contributed by atoms with Gasteiger partial charge in [0.25, 0.3) is 0 Å². The van der Waals surface area contributed by atoms with Gasteiger partial charge >= 0.3 is 0 Å². The van der Waals surface area contributed by atoms with Gasteiger partial charge in [-0.1, -0.05) is 54.6 Å². The van der Waals surface area contributed by atoms with Crippen LogP contribution < -0.4 is 4.74 Å². The number of hydrogen-bond donors (Lipinski definition) is 1. The molecule has 1 N–H and O–H groups in total. The summed E-state index contributed by atoms with van der Waals surface area (Å²) in [4.78, 5) is 0. The van der Waals surface area contributed by atoms with Crippen LogP contribution in [0.5, 0.6) is 5.75 Å². The maximum Gasteiger partial charge on any atom is 0.118 e. The number of benzene rings is 2. The normalized spacial score (nSPS) is 24.1. The summed E-state index contributed by atoms with van der Waals surface area (Å²) in [6.07, 6.45) is 8.27.